The zero-order valence-corrected chi connectivity index (χ0v) is 49.1. The van der Waals surface area contributed by atoms with Gasteiger partial charge in [0, 0.05) is 84.2 Å². The van der Waals surface area contributed by atoms with Gasteiger partial charge in [0.15, 0.2) is 0 Å². The molecule has 0 amide bonds. The molecule has 0 unspecified atom stereocenters. The van der Waals surface area contributed by atoms with E-state index < -0.39 is 0 Å². The van der Waals surface area contributed by atoms with Crippen LogP contribution in [0, 0.1) is 22.7 Å². The monoisotopic (exact) mass is 1160 g/mol. The van der Waals surface area contributed by atoms with Crippen molar-refractivity contribution >= 4 is 152 Å². The van der Waals surface area contributed by atoms with Gasteiger partial charge in [-0.05, 0) is 186 Å². The van der Waals surface area contributed by atoms with E-state index in [1.165, 1.54) is 52.0 Å². The first-order valence-electron chi connectivity index (χ1n) is 30.1. The third-order valence-corrected chi connectivity index (χ3v) is 21.3. The van der Waals surface area contributed by atoms with E-state index in [1.807, 2.05) is 34.8 Å². The van der Waals surface area contributed by atoms with Gasteiger partial charge in [-0.1, -0.05) is 115 Å². The molecule has 2 aliphatic rings. The number of aromatic nitrogens is 4. The molecule has 0 saturated carbocycles. The van der Waals surface area contributed by atoms with E-state index in [1.54, 1.807) is 0 Å². The molecular weight excluding hydrogens is 1110 g/mol. The number of para-hydroxylation sites is 3. The largest absolute Gasteiger partial charge is 0.313 e. The third-order valence-electron chi connectivity index (χ3n) is 18.9. The van der Waals surface area contributed by atoms with Crippen LogP contribution in [0.25, 0.3) is 169 Å². The van der Waals surface area contributed by atoms with Crippen LogP contribution in [-0.2, 0) is 6.42 Å². The highest BCUT2D eigenvalue weighted by atomic mass is 32.1. The minimum Gasteiger partial charge on any atom is -0.313 e. The molecule has 11 aromatic carbocycles. The Kier molecular flexibility index (Phi) is 10.5. The number of rotatable bonds is 6. The zero-order chi connectivity index (χ0) is 57.9. The number of aryl methyl sites for hydroxylation is 1. The van der Waals surface area contributed by atoms with Crippen LogP contribution in [0.5, 0.6) is 0 Å². The smallest absolute Gasteiger partial charge is 0.101 e. The molecule has 17 aromatic rings. The normalized spacial score (nSPS) is 13.5. The fourth-order valence-electron chi connectivity index (χ4n) is 15.0. The van der Waals surface area contributed by atoms with Gasteiger partial charge in [-0.25, -0.2) is 0 Å². The highest BCUT2D eigenvalue weighted by molar-refractivity contribution is 7.25. The Morgan fingerprint density at radius 3 is 1.42 bits per heavy atom. The van der Waals surface area contributed by atoms with Crippen molar-refractivity contribution in [3.05, 3.63) is 258 Å². The van der Waals surface area contributed by atoms with Crippen LogP contribution in [0.15, 0.2) is 237 Å². The van der Waals surface area contributed by atoms with Crippen molar-refractivity contribution in [1.82, 2.24) is 18.3 Å². The van der Waals surface area contributed by atoms with Gasteiger partial charge in [0.2, 0.25) is 0 Å². The minimum absolute atomic E-state index is 0.461. The van der Waals surface area contributed by atoms with E-state index >= 15 is 0 Å². The molecule has 0 radical (unpaired) electrons. The van der Waals surface area contributed by atoms with Crippen LogP contribution < -0.4 is 0 Å². The number of hydrogen-bond donors (Lipinski definition) is 0. The van der Waals surface area contributed by atoms with Crippen molar-refractivity contribution in [3.8, 4) is 51.5 Å². The number of benzene rings is 11. The lowest BCUT2D eigenvalue weighted by molar-refractivity contribution is 0.979. The molecule has 0 aliphatic heterocycles. The summed E-state index contributed by atoms with van der Waals surface area (Å²) < 4.78 is 13.2. The molecule has 6 aromatic heterocycles. The summed E-state index contributed by atoms with van der Waals surface area (Å²) in [5, 5.41) is 36.2. The topological polar surface area (TPSA) is 67.3 Å². The summed E-state index contributed by atoms with van der Waals surface area (Å²) in [7, 11) is 0. The number of thiophene rings is 2. The van der Waals surface area contributed by atoms with Crippen LogP contribution >= 0.6 is 22.7 Å². The van der Waals surface area contributed by atoms with Crippen molar-refractivity contribution in [2.75, 3.05) is 0 Å². The number of hydrogen-bond acceptors (Lipinski definition) is 4. The molecule has 0 N–H and O–H groups in total. The Morgan fingerprint density at radius 1 is 0.341 bits per heavy atom. The number of nitrogens with zero attached hydrogens (tertiary/aromatic N) is 6. The second-order valence-corrected chi connectivity index (χ2v) is 25.8. The Labute approximate surface area is 512 Å². The van der Waals surface area contributed by atoms with Crippen molar-refractivity contribution in [2.45, 2.75) is 25.7 Å². The van der Waals surface area contributed by atoms with Crippen molar-refractivity contribution in [3.63, 3.8) is 0 Å². The van der Waals surface area contributed by atoms with Gasteiger partial charge >= 0.3 is 0 Å². The van der Waals surface area contributed by atoms with Crippen molar-refractivity contribution in [1.29, 1.82) is 10.5 Å². The number of allylic oxidation sites excluding steroid dienone is 5. The van der Waals surface area contributed by atoms with E-state index in [0.29, 0.717) is 22.5 Å². The summed E-state index contributed by atoms with van der Waals surface area (Å²) in [4.78, 5) is 1.36. The highest BCUT2D eigenvalue weighted by Gasteiger charge is 2.26. The lowest BCUT2D eigenvalue weighted by Crippen LogP contribution is -2.04. The standard InChI is InChI=1S/C80H48N6S2/c81-45-51-40-72(86-70-32-28-48(50-30-34-80-66(38-50)58-22-10-14-26-78(58)88-80)36-60(70)64-44-74-62(42-76(64)86)56-20-8-12-24-68(56)84(74)54-17-5-2-6-18-54)52(46-82)39-71(51)85-69-31-27-47(49-29-33-79-65(37-49)57-21-9-13-25-77(57)87-79)35-59(69)63-43-73-61(41-75(63)85)55-19-7-11-23-67(55)83(73)53-15-3-1-4-16-53/h1-5,7-8,10-17,19-20,22-44H,6,9,18,21H2. The number of nitriles is 2. The number of fused-ring (bicyclic) bond motifs is 18. The average Bonchev–Trinajstić information content (AvgIpc) is 1.90. The molecule has 0 saturated heterocycles. The molecule has 19 rings (SSSR count). The van der Waals surface area contributed by atoms with Crippen molar-refractivity contribution < 1.29 is 0 Å². The Hall–Kier alpha value is -11.0. The molecule has 0 atom stereocenters. The lowest BCUT2D eigenvalue weighted by Gasteiger charge is -2.16. The third kappa shape index (κ3) is 7.07. The van der Waals surface area contributed by atoms with Crippen LogP contribution in [0.1, 0.15) is 40.8 Å². The van der Waals surface area contributed by atoms with E-state index in [4.69, 9.17) is 0 Å². The summed E-state index contributed by atoms with van der Waals surface area (Å²) in [5.74, 6) is 0. The maximum absolute atomic E-state index is 11.8. The van der Waals surface area contributed by atoms with Crippen LogP contribution in [-0.4, -0.2) is 18.3 Å². The van der Waals surface area contributed by atoms with E-state index in [0.717, 1.165) is 135 Å². The molecule has 8 heteroatoms. The molecule has 0 spiro atoms. The van der Waals surface area contributed by atoms with E-state index in [-0.39, 0.29) is 0 Å². The van der Waals surface area contributed by atoms with E-state index in [9.17, 15) is 10.5 Å². The fraction of sp³-hybridized carbons (Fsp3) is 0.0500. The maximum Gasteiger partial charge on any atom is 0.101 e. The molecule has 0 fully saturated rings. The maximum atomic E-state index is 11.8. The Bertz CT molecular complexity index is 6150. The molecule has 6 nitrogen and oxygen atoms in total. The summed E-state index contributed by atoms with van der Waals surface area (Å²) in [6.07, 6.45) is 15.3. The molecule has 0 bridgehead atoms. The van der Waals surface area contributed by atoms with Crippen LogP contribution in [0.3, 0.4) is 0 Å². The summed E-state index contributed by atoms with van der Waals surface area (Å²) >= 11 is 3.71. The Morgan fingerprint density at radius 2 is 0.807 bits per heavy atom. The molecule has 6 heterocycles. The van der Waals surface area contributed by atoms with Crippen LogP contribution in [0.2, 0.25) is 0 Å². The average molecular weight is 1160 g/mol. The predicted molar refractivity (Wildman–Crippen MR) is 371 cm³/mol. The fourth-order valence-corrected chi connectivity index (χ4v) is 17.2. The second-order valence-electron chi connectivity index (χ2n) is 23.6. The van der Waals surface area contributed by atoms with Gasteiger partial charge in [-0.2, -0.15) is 10.5 Å². The summed E-state index contributed by atoms with van der Waals surface area (Å²) in [5.41, 5.74) is 18.9. The SMILES string of the molecule is N#Cc1cc(-n2c3ccc(-c4ccc5sc6c(c5c4)CCC=C6)cc3c3cc4c(cc32)c2ccccc2n4-c2ccccc2)c(C#N)cc1-n1c2ccc(-c3ccc4sc5ccccc5c4c3)cc2c2cc3c(cc21)c1ccccc1n3C1=CC=CCC1. The van der Waals surface area contributed by atoms with Crippen molar-refractivity contribution in [2.24, 2.45) is 0 Å². The highest BCUT2D eigenvalue weighted by Crippen LogP contribution is 2.47. The second kappa shape index (κ2) is 18.7. The first-order chi connectivity index (χ1) is 43.5. The molecular formula is C80H48N6S2. The first-order valence-corrected chi connectivity index (χ1v) is 31.7. The van der Waals surface area contributed by atoms with Gasteiger partial charge in [0.25, 0.3) is 0 Å². The van der Waals surface area contributed by atoms with E-state index in [2.05, 4.69) is 261 Å². The van der Waals surface area contributed by atoms with Crippen LogP contribution in [0.4, 0.5) is 0 Å². The zero-order valence-electron chi connectivity index (χ0n) is 47.4. The predicted octanol–water partition coefficient (Wildman–Crippen LogP) is 21.9. The van der Waals surface area contributed by atoms with Gasteiger partial charge in [0.05, 0.1) is 66.6 Å². The molecule has 88 heavy (non-hydrogen) atoms. The first kappa shape index (κ1) is 49.3. The summed E-state index contributed by atoms with van der Waals surface area (Å²) in [6.45, 7) is 0. The molecule has 2 aliphatic carbocycles. The molecule has 410 valence electrons. The quantitative estimate of drug-likeness (QED) is 0.166. The lowest BCUT2D eigenvalue weighted by atomic mass is 9.97. The Balaban J connectivity index is 0.868. The van der Waals surface area contributed by atoms with Gasteiger partial charge in [0.1, 0.15) is 12.1 Å². The van der Waals surface area contributed by atoms with Gasteiger partial charge < -0.3 is 18.3 Å². The van der Waals surface area contributed by atoms with Gasteiger partial charge in [-0.15, -0.1) is 22.7 Å². The van der Waals surface area contributed by atoms with Gasteiger partial charge in [-0.3, -0.25) is 0 Å². The minimum atomic E-state index is 0.461. The summed E-state index contributed by atoms with van der Waals surface area (Å²) in [6, 6.07) is 82.7.